The molecule has 0 bridgehead atoms. The van der Waals surface area contributed by atoms with E-state index in [9.17, 15) is 4.79 Å². The predicted octanol–water partition coefficient (Wildman–Crippen LogP) is 7.76. The van der Waals surface area contributed by atoms with Crippen LogP contribution in [-0.2, 0) is 10.2 Å². The van der Waals surface area contributed by atoms with E-state index < -0.39 is 0 Å². The maximum atomic E-state index is 13.5. The van der Waals surface area contributed by atoms with Gasteiger partial charge in [0, 0.05) is 21.3 Å². The zero-order chi connectivity index (χ0) is 22.2. The molecule has 0 aromatic heterocycles. The topological polar surface area (TPSA) is 20.3 Å². The average molecular weight is 448 g/mol. The van der Waals surface area contributed by atoms with Crippen LogP contribution in [-0.4, -0.2) is 5.91 Å². The lowest BCUT2D eigenvalue weighted by Gasteiger charge is -2.23. The summed E-state index contributed by atoms with van der Waals surface area (Å²) in [6.45, 7) is 6.53. The van der Waals surface area contributed by atoms with Crippen LogP contribution in [0.3, 0.4) is 0 Å². The van der Waals surface area contributed by atoms with Gasteiger partial charge in [-0.2, -0.15) is 0 Å². The van der Waals surface area contributed by atoms with Crippen molar-refractivity contribution >= 4 is 46.6 Å². The van der Waals surface area contributed by atoms with Crippen molar-refractivity contribution in [3.63, 3.8) is 0 Å². The zero-order valence-corrected chi connectivity index (χ0v) is 19.2. The molecule has 0 atom stereocenters. The SMILES string of the molecule is CC(C)(C)c1ccc(N2C(=O)/C(=C/c3ccc(Cl)cc3Cl)C=C2c2ccccc2)cc1. The molecule has 1 aliphatic rings. The van der Waals surface area contributed by atoms with Crippen LogP contribution >= 0.6 is 23.2 Å². The van der Waals surface area contributed by atoms with E-state index in [2.05, 4.69) is 32.9 Å². The summed E-state index contributed by atoms with van der Waals surface area (Å²) in [6.07, 6.45) is 3.73. The van der Waals surface area contributed by atoms with Crippen LogP contribution in [0.1, 0.15) is 37.5 Å². The van der Waals surface area contributed by atoms with Gasteiger partial charge in [0.2, 0.25) is 0 Å². The fourth-order valence-electron chi connectivity index (χ4n) is 3.59. The van der Waals surface area contributed by atoms with Crippen LogP contribution < -0.4 is 4.90 Å². The van der Waals surface area contributed by atoms with Crippen molar-refractivity contribution < 1.29 is 4.79 Å². The first kappa shape index (κ1) is 21.4. The number of anilines is 1. The summed E-state index contributed by atoms with van der Waals surface area (Å²) in [5, 5.41) is 1.07. The molecule has 3 aromatic rings. The predicted molar refractivity (Wildman–Crippen MR) is 131 cm³/mol. The highest BCUT2D eigenvalue weighted by atomic mass is 35.5. The highest BCUT2D eigenvalue weighted by Gasteiger charge is 2.30. The van der Waals surface area contributed by atoms with Gasteiger partial charge in [0.05, 0.1) is 5.70 Å². The molecule has 2 nitrogen and oxygen atoms in total. The van der Waals surface area contributed by atoms with Crippen molar-refractivity contribution in [2.24, 2.45) is 0 Å². The normalized spacial score (nSPS) is 15.5. The Bertz CT molecular complexity index is 1190. The van der Waals surface area contributed by atoms with E-state index in [1.54, 1.807) is 17.0 Å². The fourth-order valence-corrected chi connectivity index (χ4v) is 4.05. The van der Waals surface area contributed by atoms with Crippen LogP contribution in [0.4, 0.5) is 5.69 Å². The van der Waals surface area contributed by atoms with E-state index in [1.807, 2.05) is 60.7 Å². The average Bonchev–Trinajstić information content (AvgIpc) is 3.06. The Hall–Kier alpha value is -2.81. The van der Waals surface area contributed by atoms with Crippen LogP contribution in [0, 0.1) is 0 Å². The minimum absolute atomic E-state index is 0.0437. The molecule has 4 rings (SSSR count). The molecule has 0 spiro atoms. The van der Waals surface area contributed by atoms with E-state index in [0.29, 0.717) is 15.6 Å². The van der Waals surface area contributed by atoms with Crippen molar-refractivity contribution in [1.82, 2.24) is 0 Å². The van der Waals surface area contributed by atoms with Gasteiger partial charge in [-0.25, -0.2) is 0 Å². The second-order valence-corrected chi connectivity index (χ2v) is 9.44. The number of nitrogens with zero attached hydrogens (tertiary/aromatic N) is 1. The summed E-state index contributed by atoms with van der Waals surface area (Å²) in [5.41, 5.74) is 5.23. The largest absolute Gasteiger partial charge is 0.276 e. The molecule has 4 heteroatoms. The van der Waals surface area contributed by atoms with E-state index in [-0.39, 0.29) is 11.3 Å². The Kier molecular flexibility index (Phi) is 5.79. The molecule has 1 heterocycles. The number of hydrogen-bond donors (Lipinski definition) is 0. The Morgan fingerprint density at radius 2 is 1.55 bits per heavy atom. The Morgan fingerprint density at radius 1 is 0.871 bits per heavy atom. The Labute approximate surface area is 193 Å². The minimum atomic E-state index is -0.0895. The van der Waals surface area contributed by atoms with Crippen molar-refractivity contribution in [2.75, 3.05) is 4.90 Å². The number of hydrogen-bond acceptors (Lipinski definition) is 1. The van der Waals surface area contributed by atoms with Crippen molar-refractivity contribution in [3.05, 3.63) is 111 Å². The van der Waals surface area contributed by atoms with Gasteiger partial charge in [0.25, 0.3) is 5.91 Å². The zero-order valence-electron chi connectivity index (χ0n) is 17.7. The molecule has 31 heavy (non-hydrogen) atoms. The number of benzene rings is 3. The van der Waals surface area contributed by atoms with Gasteiger partial charge >= 0.3 is 0 Å². The third-order valence-electron chi connectivity index (χ3n) is 5.32. The van der Waals surface area contributed by atoms with E-state index in [1.165, 1.54) is 5.56 Å². The van der Waals surface area contributed by atoms with Crippen molar-refractivity contribution in [1.29, 1.82) is 0 Å². The third-order valence-corrected chi connectivity index (χ3v) is 5.88. The summed E-state index contributed by atoms with van der Waals surface area (Å²) in [7, 11) is 0. The summed E-state index contributed by atoms with van der Waals surface area (Å²) in [4.78, 5) is 15.3. The van der Waals surface area contributed by atoms with Gasteiger partial charge in [-0.1, -0.05) is 92.5 Å². The summed E-state index contributed by atoms with van der Waals surface area (Å²) in [5.74, 6) is -0.0895. The van der Waals surface area contributed by atoms with Gasteiger partial charge in [-0.15, -0.1) is 0 Å². The second-order valence-electron chi connectivity index (χ2n) is 8.60. The maximum absolute atomic E-state index is 13.5. The van der Waals surface area contributed by atoms with E-state index >= 15 is 0 Å². The van der Waals surface area contributed by atoms with Crippen molar-refractivity contribution in [3.8, 4) is 0 Å². The lowest BCUT2D eigenvalue weighted by Crippen LogP contribution is -2.25. The van der Waals surface area contributed by atoms with E-state index in [4.69, 9.17) is 23.2 Å². The monoisotopic (exact) mass is 447 g/mol. The van der Waals surface area contributed by atoms with Gasteiger partial charge < -0.3 is 0 Å². The first-order chi connectivity index (χ1) is 14.7. The molecule has 0 unspecified atom stereocenters. The van der Waals surface area contributed by atoms with E-state index in [0.717, 1.165) is 22.5 Å². The molecule has 1 amide bonds. The molecule has 3 aromatic carbocycles. The number of amides is 1. The lowest BCUT2D eigenvalue weighted by molar-refractivity contribution is -0.113. The molecule has 0 radical (unpaired) electrons. The number of carbonyl (C=O) groups excluding carboxylic acids is 1. The van der Waals surface area contributed by atoms with Gasteiger partial charge in [0.15, 0.2) is 0 Å². The summed E-state index contributed by atoms with van der Waals surface area (Å²) < 4.78 is 0. The summed E-state index contributed by atoms with van der Waals surface area (Å²) >= 11 is 12.4. The molecule has 0 N–H and O–H groups in total. The van der Waals surface area contributed by atoms with Crippen LogP contribution in [0.15, 0.2) is 84.4 Å². The molecular formula is C27H23Cl2NO. The Balaban J connectivity index is 1.80. The standard InChI is InChI=1S/C27H23Cl2NO/c1-27(2,3)21-10-13-23(14-11-21)30-25(18-7-5-4-6-8-18)16-20(26(30)31)15-19-9-12-22(28)17-24(19)29/h4-17H,1-3H3/b20-15+. The third kappa shape index (κ3) is 4.46. The first-order valence-electron chi connectivity index (χ1n) is 10.1. The number of carbonyl (C=O) groups is 1. The maximum Gasteiger partial charge on any atom is 0.262 e. The highest BCUT2D eigenvalue weighted by Crippen LogP contribution is 2.37. The number of halogens is 2. The molecule has 156 valence electrons. The van der Waals surface area contributed by atoms with Crippen LogP contribution in [0.25, 0.3) is 11.8 Å². The first-order valence-corrected chi connectivity index (χ1v) is 10.9. The molecule has 0 saturated carbocycles. The Morgan fingerprint density at radius 3 is 2.16 bits per heavy atom. The fraction of sp³-hybridized carbons (Fsp3) is 0.148. The second kappa shape index (κ2) is 8.37. The molecule has 0 saturated heterocycles. The van der Waals surface area contributed by atoms with Gasteiger partial charge in [0.1, 0.15) is 0 Å². The quantitative estimate of drug-likeness (QED) is 0.375. The van der Waals surface area contributed by atoms with Gasteiger partial charge in [-0.3, -0.25) is 9.69 Å². The molecule has 0 fully saturated rings. The van der Waals surface area contributed by atoms with Crippen LogP contribution in [0.2, 0.25) is 10.0 Å². The molecular weight excluding hydrogens is 425 g/mol. The van der Waals surface area contributed by atoms with Crippen molar-refractivity contribution in [2.45, 2.75) is 26.2 Å². The smallest absolute Gasteiger partial charge is 0.262 e. The molecule has 1 aliphatic heterocycles. The number of rotatable bonds is 3. The van der Waals surface area contributed by atoms with Gasteiger partial charge in [-0.05, 0) is 58.5 Å². The summed E-state index contributed by atoms with van der Waals surface area (Å²) in [6, 6.07) is 23.4. The minimum Gasteiger partial charge on any atom is -0.276 e. The van der Waals surface area contributed by atoms with Crippen LogP contribution in [0.5, 0.6) is 0 Å². The highest BCUT2D eigenvalue weighted by molar-refractivity contribution is 6.35. The lowest BCUT2D eigenvalue weighted by atomic mass is 9.87. The molecule has 0 aliphatic carbocycles.